The number of hydrogen-bond donors (Lipinski definition) is 2. The Kier molecular flexibility index (Phi) is 3.56. The van der Waals surface area contributed by atoms with Gasteiger partial charge in [-0.3, -0.25) is 0 Å². The Hall–Kier alpha value is -1.65. The van der Waals surface area contributed by atoms with Crippen LogP contribution in [0.3, 0.4) is 0 Å². The van der Waals surface area contributed by atoms with Gasteiger partial charge in [-0.1, -0.05) is 30.3 Å². The fourth-order valence-electron chi connectivity index (χ4n) is 1.56. The Morgan fingerprint density at radius 2 is 1.88 bits per heavy atom. The van der Waals surface area contributed by atoms with Gasteiger partial charge in [0.15, 0.2) is 6.10 Å². The van der Waals surface area contributed by atoms with Crippen molar-refractivity contribution in [3.05, 3.63) is 57.8 Å². The minimum absolute atomic E-state index is 0.475. The quantitative estimate of drug-likeness (QED) is 0.873. The monoisotopic (exact) mass is 248 g/mol. The molecule has 0 saturated carbocycles. The van der Waals surface area contributed by atoms with E-state index in [1.54, 1.807) is 6.07 Å². The predicted molar refractivity (Wildman–Crippen MR) is 66.2 cm³/mol. The maximum atomic E-state index is 10.6. The van der Waals surface area contributed by atoms with Crippen LogP contribution in [0.25, 0.3) is 0 Å². The minimum Gasteiger partial charge on any atom is -0.479 e. The first-order valence-corrected chi connectivity index (χ1v) is 6.02. The summed E-state index contributed by atoms with van der Waals surface area (Å²) in [6.07, 6.45) is -0.651. The summed E-state index contributed by atoms with van der Waals surface area (Å²) in [7, 11) is 0. The number of thiophene rings is 1. The van der Waals surface area contributed by atoms with E-state index in [1.807, 2.05) is 36.4 Å². The molecular formula is C13H12O3S. The Bertz CT molecular complexity index is 504. The molecule has 4 heteroatoms. The second-order valence-electron chi connectivity index (χ2n) is 3.71. The van der Waals surface area contributed by atoms with Crippen molar-refractivity contribution in [1.82, 2.24) is 0 Å². The van der Waals surface area contributed by atoms with Crippen LogP contribution in [0, 0.1) is 0 Å². The summed E-state index contributed by atoms with van der Waals surface area (Å²) in [5.74, 6) is -1.21. The molecule has 0 bridgehead atoms. The third kappa shape index (κ3) is 2.93. The average molecular weight is 248 g/mol. The van der Waals surface area contributed by atoms with Crippen LogP contribution >= 0.6 is 11.3 Å². The van der Waals surface area contributed by atoms with Gasteiger partial charge in [0.05, 0.1) is 0 Å². The van der Waals surface area contributed by atoms with Crippen LogP contribution in [0.2, 0.25) is 0 Å². The highest BCUT2D eigenvalue weighted by atomic mass is 32.1. The first-order valence-electron chi connectivity index (χ1n) is 5.20. The van der Waals surface area contributed by atoms with Crippen molar-refractivity contribution in [2.24, 2.45) is 0 Å². The van der Waals surface area contributed by atoms with Crippen LogP contribution in [0.15, 0.2) is 42.5 Å². The number of carboxylic acid groups (broad SMARTS) is 1. The average Bonchev–Trinajstić information content (AvgIpc) is 2.77. The Morgan fingerprint density at radius 1 is 1.18 bits per heavy atom. The molecule has 0 unspecified atom stereocenters. The molecule has 2 rings (SSSR count). The van der Waals surface area contributed by atoms with Crippen molar-refractivity contribution < 1.29 is 15.0 Å². The third-order valence-electron chi connectivity index (χ3n) is 2.41. The first-order chi connectivity index (χ1) is 8.16. The zero-order valence-electron chi connectivity index (χ0n) is 9.04. The molecule has 0 fully saturated rings. The molecule has 0 aliphatic heterocycles. The second kappa shape index (κ2) is 5.12. The lowest BCUT2D eigenvalue weighted by molar-refractivity contribution is -0.146. The maximum Gasteiger partial charge on any atom is 0.338 e. The Balaban J connectivity index is 2.11. The van der Waals surface area contributed by atoms with E-state index in [2.05, 4.69) is 0 Å². The number of aliphatic hydroxyl groups excluding tert-OH is 1. The van der Waals surface area contributed by atoms with E-state index in [1.165, 1.54) is 16.9 Å². The van der Waals surface area contributed by atoms with Crippen molar-refractivity contribution in [2.75, 3.05) is 0 Å². The van der Waals surface area contributed by atoms with Crippen molar-refractivity contribution in [1.29, 1.82) is 0 Å². The summed E-state index contributed by atoms with van der Waals surface area (Å²) in [5.41, 5.74) is 1.17. The van der Waals surface area contributed by atoms with Crippen molar-refractivity contribution in [2.45, 2.75) is 12.5 Å². The lowest BCUT2D eigenvalue weighted by Gasteiger charge is -2.00. The van der Waals surface area contributed by atoms with E-state index in [0.29, 0.717) is 4.88 Å². The summed E-state index contributed by atoms with van der Waals surface area (Å²) in [4.78, 5) is 12.1. The smallest absolute Gasteiger partial charge is 0.338 e. The number of rotatable bonds is 4. The molecule has 2 aromatic rings. The molecule has 1 atom stereocenters. The predicted octanol–water partition coefficient (Wildman–Crippen LogP) is 2.46. The largest absolute Gasteiger partial charge is 0.479 e. The molecule has 0 radical (unpaired) electrons. The molecular weight excluding hydrogens is 236 g/mol. The van der Waals surface area contributed by atoms with E-state index >= 15 is 0 Å². The van der Waals surface area contributed by atoms with Gasteiger partial charge in [-0.15, -0.1) is 11.3 Å². The van der Waals surface area contributed by atoms with Gasteiger partial charge in [-0.25, -0.2) is 4.79 Å². The molecule has 0 saturated heterocycles. The lowest BCUT2D eigenvalue weighted by Crippen LogP contribution is -2.08. The van der Waals surface area contributed by atoms with Gasteiger partial charge < -0.3 is 10.2 Å². The normalized spacial score (nSPS) is 12.3. The van der Waals surface area contributed by atoms with Gasteiger partial charge in [-0.05, 0) is 17.7 Å². The maximum absolute atomic E-state index is 10.6. The summed E-state index contributed by atoms with van der Waals surface area (Å²) >= 11 is 1.33. The van der Waals surface area contributed by atoms with Crippen LogP contribution in [0.5, 0.6) is 0 Å². The van der Waals surface area contributed by atoms with Gasteiger partial charge >= 0.3 is 5.97 Å². The van der Waals surface area contributed by atoms with Crippen molar-refractivity contribution in [3.63, 3.8) is 0 Å². The molecule has 17 heavy (non-hydrogen) atoms. The molecule has 3 nitrogen and oxygen atoms in total. The number of aliphatic hydroxyl groups is 1. The number of hydrogen-bond acceptors (Lipinski definition) is 3. The molecule has 0 aliphatic carbocycles. The number of aliphatic carboxylic acids is 1. The first kappa shape index (κ1) is 11.8. The van der Waals surface area contributed by atoms with Crippen LogP contribution < -0.4 is 0 Å². The van der Waals surface area contributed by atoms with Crippen LogP contribution in [-0.4, -0.2) is 16.2 Å². The zero-order chi connectivity index (χ0) is 12.3. The van der Waals surface area contributed by atoms with Gasteiger partial charge in [0.25, 0.3) is 0 Å². The Labute approximate surface area is 103 Å². The van der Waals surface area contributed by atoms with Crippen LogP contribution in [0.4, 0.5) is 0 Å². The zero-order valence-corrected chi connectivity index (χ0v) is 9.85. The highest BCUT2D eigenvalue weighted by Crippen LogP contribution is 2.25. The molecule has 1 heterocycles. The van der Waals surface area contributed by atoms with E-state index < -0.39 is 12.1 Å². The summed E-state index contributed by atoms with van der Waals surface area (Å²) in [5, 5.41) is 18.1. The summed E-state index contributed by atoms with van der Waals surface area (Å²) in [6, 6.07) is 13.5. The van der Waals surface area contributed by atoms with E-state index in [4.69, 9.17) is 5.11 Å². The van der Waals surface area contributed by atoms with E-state index in [0.717, 1.165) is 11.3 Å². The van der Waals surface area contributed by atoms with Gasteiger partial charge in [-0.2, -0.15) is 0 Å². The molecule has 88 valence electrons. The van der Waals surface area contributed by atoms with Gasteiger partial charge in [0.2, 0.25) is 0 Å². The molecule has 2 N–H and O–H groups in total. The number of carboxylic acids is 1. The van der Waals surface area contributed by atoms with Gasteiger partial charge in [0.1, 0.15) is 0 Å². The second-order valence-corrected chi connectivity index (χ2v) is 4.91. The van der Waals surface area contributed by atoms with E-state index in [-0.39, 0.29) is 0 Å². The minimum atomic E-state index is -1.41. The number of benzene rings is 1. The van der Waals surface area contributed by atoms with Crippen LogP contribution in [-0.2, 0) is 11.2 Å². The highest BCUT2D eigenvalue weighted by molar-refractivity contribution is 7.12. The highest BCUT2D eigenvalue weighted by Gasteiger charge is 2.17. The number of carbonyl (C=O) groups is 1. The van der Waals surface area contributed by atoms with Crippen molar-refractivity contribution >= 4 is 17.3 Å². The van der Waals surface area contributed by atoms with Gasteiger partial charge in [0, 0.05) is 16.2 Å². The molecule has 0 amide bonds. The summed E-state index contributed by atoms with van der Waals surface area (Å²) in [6.45, 7) is 0. The molecule has 1 aromatic carbocycles. The van der Waals surface area contributed by atoms with E-state index in [9.17, 15) is 9.90 Å². The summed E-state index contributed by atoms with van der Waals surface area (Å²) < 4.78 is 0. The molecule has 1 aromatic heterocycles. The SMILES string of the molecule is O=C(O)[C@H](O)c1ccc(Cc2ccccc2)s1. The standard InChI is InChI=1S/C13H12O3S/c14-12(13(15)16)11-7-6-10(17-11)8-9-4-2-1-3-5-9/h1-7,12,14H,8H2,(H,15,16)/t12-/m1/s1. The van der Waals surface area contributed by atoms with Crippen molar-refractivity contribution in [3.8, 4) is 0 Å². The Morgan fingerprint density at radius 3 is 2.53 bits per heavy atom. The topological polar surface area (TPSA) is 57.5 Å². The molecule has 0 spiro atoms. The fourth-order valence-corrected chi connectivity index (χ4v) is 2.58. The fraction of sp³-hybridized carbons (Fsp3) is 0.154. The third-order valence-corrected chi connectivity index (χ3v) is 3.54. The molecule has 0 aliphatic rings. The van der Waals surface area contributed by atoms with Crippen LogP contribution in [0.1, 0.15) is 21.4 Å². The lowest BCUT2D eigenvalue weighted by atomic mass is 10.1.